The zero-order valence-corrected chi connectivity index (χ0v) is 15.0. The standard InChI is InChI=1S/C19H16BrN3O2/c20-15-9-14(10-21-11-15)19(24)23-8-7-16(12-23)25-18-6-5-13-3-1-2-4-17(13)22-18/h1-6,9-11,16H,7-8,12H2. The summed E-state index contributed by atoms with van der Waals surface area (Å²) in [6.07, 6.45) is 4.00. The lowest BCUT2D eigenvalue weighted by Gasteiger charge is -2.17. The molecule has 0 spiro atoms. The van der Waals surface area contributed by atoms with E-state index < -0.39 is 0 Å². The molecule has 1 unspecified atom stereocenters. The molecule has 1 saturated heterocycles. The van der Waals surface area contributed by atoms with E-state index in [4.69, 9.17) is 4.74 Å². The van der Waals surface area contributed by atoms with Crippen molar-refractivity contribution in [3.63, 3.8) is 0 Å². The van der Waals surface area contributed by atoms with Gasteiger partial charge < -0.3 is 9.64 Å². The van der Waals surface area contributed by atoms with Crippen molar-refractivity contribution >= 4 is 32.7 Å². The van der Waals surface area contributed by atoms with Gasteiger partial charge in [-0.1, -0.05) is 18.2 Å². The molecule has 0 radical (unpaired) electrons. The first kappa shape index (κ1) is 16.0. The fourth-order valence-electron chi connectivity index (χ4n) is 3.00. The molecule has 1 atom stereocenters. The van der Waals surface area contributed by atoms with Gasteiger partial charge in [0, 0.05) is 41.3 Å². The lowest BCUT2D eigenvalue weighted by molar-refractivity contribution is 0.0771. The Bertz CT molecular complexity index is 931. The molecule has 0 saturated carbocycles. The van der Waals surface area contributed by atoms with Crippen molar-refractivity contribution in [2.24, 2.45) is 0 Å². The number of carbonyl (C=O) groups is 1. The zero-order chi connectivity index (χ0) is 17.2. The summed E-state index contributed by atoms with van der Waals surface area (Å²) in [6.45, 7) is 1.23. The lowest BCUT2D eigenvalue weighted by Crippen LogP contribution is -2.31. The van der Waals surface area contributed by atoms with Crippen LogP contribution >= 0.6 is 15.9 Å². The third-order valence-electron chi connectivity index (χ3n) is 4.24. The molecule has 6 heteroatoms. The number of rotatable bonds is 3. The van der Waals surface area contributed by atoms with E-state index in [9.17, 15) is 4.79 Å². The average Bonchev–Trinajstić information content (AvgIpc) is 3.09. The van der Waals surface area contributed by atoms with Crippen molar-refractivity contribution < 1.29 is 9.53 Å². The highest BCUT2D eigenvalue weighted by atomic mass is 79.9. The van der Waals surface area contributed by atoms with Gasteiger partial charge in [-0.25, -0.2) is 4.98 Å². The molecule has 25 heavy (non-hydrogen) atoms. The van der Waals surface area contributed by atoms with E-state index in [2.05, 4.69) is 25.9 Å². The minimum atomic E-state index is -0.0438. The average molecular weight is 398 g/mol. The van der Waals surface area contributed by atoms with Crippen molar-refractivity contribution in [1.82, 2.24) is 14.9 Å². The minimum absolute atomic E-state index is 0.0219. The van der Waals surface area contributed by atoms with Crippen LogP contribution in [-0.4, -0.2) is 40.0 Å². The van der Waals surface area contributed by atoms with Gasteiger partial charge in [-0.15, -0.1) is 0 Å². The first-order valence-corrected chi connectivity index (χ1v) is 8.90. The van der Waals surface area contributed by atoms with Crippen LogP contribution in [0.15, 0.2) is 59.3 Å². The Hall–Kier alpha value is -2.47. The Kier molecular flexibility index (Phi) is 4.36. The highest BCUT2D eigenvalue weighted by Gasteiger charge is 2.28. The maximum atomic E-state index is 12.6. The predicted octanol–water partition coefficient (Wildman–Crippen LogP) is 3.69. The van der Waals surface area contributed by atoms with Crippen molar-refractivity contribution in [3.05, 3.63) is 64.9 Å². The van der Waals surface area contributed by atoms with Crippen LogP contribution in [0.4, 0.5) is 0 Å². The van der Waals surface area contributed by atoms with E-state index in [-0.39, 0.29) is 12.0 Å². The summed E-state index contributed by atoms with van der Waals surface area (Å²) in [6, 6.07) is 13.6. The van der Waals surface area contributed by atoms with Crippen LogP contribution in [0.5, 0.6) is 5.88 Å². The largest absolute Gasteiger partial charge is 0.472 e. The van der Waals surface area contributed by atoms with E-state index in [1.165, 1.54) is 0 Å². The fraction of sp³-hybridized carbons (Fsp3) is 0.211. The first-order valence-electron chi connectivity index (χ1n) is 8.11. The Morgan fingerprint density at radius 1 is 1.20 bits per heavy atom. The van der Waals surface area contributed by atoms with Gasteiger partial charge in [0.1, 0.15) is 6.10 Å². The van der Waals surface area contributed by atoms with Crippen LogP contribution in [0.25, 0.3) is 10.9 Å². The summed E-state index contributed by atoms with van der Waals surface area (Å²) in [5, 5.41) is 1.08. The molecule has 0 bridgehead atoms. The van der Waals surface area contributed by atoms with E-state index >= 15 is 0 Å². The Labute approximate surface area is 153 Å². The number of fused-ring (bicyclic) bond motifs is 1. The number of hydrogen-bond donors (Lipinski definition) is 0. The number of pyridine rings is 2. The number of hydrogen-bond acceptors (Lipinski definition) is 4. The molecule has 1 aliphatic rings. The molecule has 1 aliphatic heterocycles. The minimum Gasteiger partial charge on any atom is -0.472 e. The summed E-state index contributed by atoms with van der Waals surface area (Å²) in [5.41, 5.74) is 1.49. The molecule has 2 aromatic heterocycles. The molecule has 126 valence electrons. The smallest absolute Gasteiger partial charge is 0.255 e. The molecular weight excluding hydrogens is 382 g/mol. The molecule has 0 N–H and O–H groups in total. The third-order valence-corrected chi connectivity index (χ3v) is 4.68. The molecule has 3 aromatic rings. The molecule has 1 aromatic carbocycles. The number of nitrogens with zero attached hydrogens (tertiary/aromatic N) is 3. The van der Waals surface area contributed by atoms with E-state index in [1.54, 1.807) is 23.4 Å². The van der Waals surface area contributed by atoms with Crippen molar-refractivity contribution in [1.29, 1.82) is 0 Å². The van der Waals surface area contributed by atoms with Crippen LogP contribution in [0.3, 0.4) is 0 Å². The second-order valence-corrected chi connectivity index (χ2v) is 6.93. The molecule has 1 amide bonds. The number of aromatic nitrogens is 2. The van der Waals surface area contributed by atoms with Crippen molar-refractivity contribution in [2.45, 2.75) is 12.5 Å². The normalized spacial score (nSPS) is 17.0. The maximum absolute atomic E-state index is 12.6. The Balaban J connectivity index is 1.44. The molecule has 1 fully saturated rings. The van der Waals surface area contributed by atoms with Crippen molar-refractivity contribution in [3.8, 4) is 5.88 Å². The SMILES string of the molecule is O=C(c1cncc(Br)c1)N1CCC(Oc2ccc3ccccc3n2)C1. The highest BCUT2D eigenvalue weighted by molar-refractivity contribution is 9.10. The number of carbonyl (C=O) groups excluding carboxylic acids is 1. The van der Waals surface area contributed by atoms with Crippen molar-refractivity contribution in [2.75, 3.05) is 13.1 Å². The van der Waals surface area contributed by atoms with E-state index in [0.29, 0.717) is 24.5 Å². The molecule has 0 aliphatic carbocycles. The van der Waals surface area contributed by atoms with E-state index in [0.717, 1.165) is 21.8 Å². The summed E-state index contributed by atoms with van der Waals surface area (Å²) >= 11 is 3.35. The van der Waals surface area contributed by atoms with Crippen LogP contribution in [0.1, 0.15) is 16.8 Å². The Morgan fingerprint density at radius 2 is 2.08 bits per heavy atom. The summed E-state index contributed by atoms with van der Waals surface area (Å²) in [5.74, 6) is 0.577. The van der Waals surface area contributed by atoms with Crippen LogP contribution in [0, 0.1) is 0 Å². The second-order valence-electron chi connectivity index (χ2n) is 6.01. The topological polar surface area (TPSA) is 55.3 Å². The number of halogens is 1. The third kappa shape index (κ3) is 3.49. The van der Waals surface area contributed by atoms with Gasteiger partial charge in [0.2, 0.25) is 5.88 Å². The van der Waals surface area contributed by atoms with Gasteiger partial charge in [-0.2, -0.15) is 0 Å². The lowest BCUT2D eigenvalue weighted by atomic mass is 10.2. The van der Waals surface area contributed by atoms with Gasteiger partial charge in [-0.05, 0) is 34.1 Å². The molecule has 4 rings (SSSR count). The van der Waals surface area contributed by atoms with Crippen LogP contribution in [-0.2, 0) is 0 Å². The first-order chi connectivity index (χ1) is 12.2. The van der Waals surface area contributed by atoms with E-state index in [1.807, 2.05) is 36.4 Å². The maximum Gasteiger partial charge on any atom is 0.255 e. The predicted molar refractivity (Wildman–Crippen MR) is 98.6 cm³/mol. The quantitative estimate of drug-likeness (QED) is 0.676. The monoisotopic (exact) mass is 397 g/mol. The van der Waals surface area contributed by atoms with Crippen LogP contribution < -0.4 is 4.74 Å². The van der Waals surface area contributed by atoms with Gasteiger partial charge in [0.05, 0.1) is 17.6 Å². The van der Waals surface area contributed by atoms with Gasteiger partial charge in [-0.3, -0.25) is 9.78 Å². The van der Waals surface area contributed by atoms with Gasteiger partial charge in [0.15, 0.2) is 0 Å². The van der Waals surface area contributed by atoms with Crippen LogP contribution in [0.2, 0.25) is 0 Å². The summed E-state index contributed by atoms with van der Waals surface area (Å²) in [4.78, 5) is 23.0. The summed E-state index contributed by atoms with van der Waals surface area (Å²) in [7, 11) is 0. The number of benzene rings is 1. The number of amides is 1. The van der Waals surface area contributed by atoms with Gasteiger partial charge >= 0.3 is 0 Å². The fourth-order valence-corrected chi connectivity index (χ4v) is 3.37. The molecule has 5 nitrogen and oxygen atoms in total. The summed E-state index contributed by atoms with van der Waals surface area (Å²) < 4.78 is 6.79. The second kappa shape index (κ2) is 6.80. The molecular formula is C19H16BrN3O2. The zero-order valence-electron chi connectivity index (χ0n) is 13.4. The number of para-hydroxylation sites is 1. The Morgan fingerprint density at radius 3 is 2.96 bits per heavy atom. The van der Waals surface area contributed by atoms with Gasteiger partial charge in [0.25, 0.3) is 5.91 Å². The number of likely N-dealkylation sites (tertiary alicyclic amines) is 1. The molecule has 3 heterocycles. The highest BCUT2D eigenvalue weighted by Crippen LogP contribution is 2.21. The number of ether oxygens (including phenoxy) is 1.